The first-order valence-electron chi connectivity index (χ1n) is 10.6. The molecule has 0 atom stereocenters. The molecule has 4 rings (SSSR count). The maximum atomic E-state index is 13.2. The normalized spacial score (nSPS) is 18.2. The van der Waals surface area contributed by atoms with Crippen molar-refractivity contribution in [3.63, 3.8) is 0 Å². The third kappa shape index (κ3) is 4.89. The van der Waals surface area contributed by atoms with Crippen LogP contribution in [-0.4, -0.2) is 68.2 Å². The Balaban J connectivity index is 1.68. The van der Waals surface area contributed by atoms with E-state index in [0.717, 1.165) is 49.5 Å². The summed E-state index contributed by atoms with van der Waals surface area (Å²) in [6, 6.07) is 4.85. The Bertz CT molecular complexity index is 1030. The van der Waals surface area contributed by atoms with Gasteiger partial charge in [-0.15, -0.1) is 10.2 Å². The molecule has 0 aliphatic carbocycles. The SMILES string of the molecule is CCc1nnc(NC(=O)c2cc(S(=O)(=O)N3CCOCC3)ccc2N2CCCCC2)s1. The van der Waals surface area contributed by atoms with Gasteiger partial charge in [0.1, 0.15) is 5.01 Å². The number of amides is 1. The number of nitrogens with zero attached hydrogens (tertiary/aromatic N) is 4. The summed E-state index contributed by atoms with van der Waals surface area (Å²) < 4.78 is 33.0. The number of morpholine rings is 1. The van der Waals surface area contributed by atoms with E-state index in [0.29, 0.717) is 37.0 Å². The highest BCUT2D eigenvalue weighted by Crippen LogP contribution is 2.29. The molecule has 1 aromatic heterocycles. The van der Waals surface area contributed by atoms with E-state index in [9.17, 15) is 13.2 Å². The molecule has 2 aliphatic heterocycles. The molecule has 11 heteroatoms. The molecule has 0 radical (unpaired) electrons. The molecule has 168 valence electrons. The molecule has 1 N–H and O–H groups in total. The highest BCUT2D eigenvalue weighted by Gasteiger charge is 2.29. The fourth-order valence-corrected chi connectivity index (χ4v) is 5.92. The van der Waals surface area contributed by atoms with Crippen molar-refractivity contribution in [3.8, 4) is 0 Å². The van der Waals surface area contributed by atoms with Gasteiger partial charge in [0.2, 0.25) is 15.2 Å². The van der Waals surface area contributed by atoms with Gasteiger partial charge in [-0.1, -0.05) is 18.3 Å². The minimum Gasteiger partial charge on any atom is -0.379 e. The lowest BCUT2D eigenvalue weighted by molar-refractivity contribution is 0.0730. The molecule has 2 aromatic rings. The van der Waals surface area contributed by atoms with Crippen molar-refractivity contribution in [1.29, 1.82) is 0 Å². The van der Waals surface area contributed by atoms with Gasteiger partial charge in [-0.05, 0) is 43.9 Å². The second-order valence-corrected chi connectivity index (χ2v) is 10.6. The van der Waals surface area contributed by atoms with Crippen LogP contribution in [0.15, 0.2) is 23.1 Å². The van der Waals surface area contributed by atoms with Gasteiger partial charge in [-0.3, -0.25) is 10.1 Å². The summed E-state index contributed by atoms with van der Waals surface area (Å²) in [5.74, 6) is -0.376. The second-order valence-electron chi connectivity index (χ2n) is 7.55. The van der Waals surface area contributed by atoms with Gasteiger partial charge >= 0.3 is 0 Å². The molecule has 31 heavy (non-hydrogen) atoms. The van der Waals surface area contributed by atoms with Crippen LogP contribution in [0.4, 0.5) is 10.8 Å². The molecule has 1 amide bonds. The standard InChI is InChI=1S/C20H27N5O4S2/c1-2-18-22-23-20(30-18)21-19(26)16-14-15(31(27,28)25-10-12-29-13-11-25)6-7-17(16)24-8-4-3-5-9-24/h6-7,14H,2-5,8-13H2,1H3,(H,21,23,26). The number of anilines is 2. The monoisotopic (exact) mass is 465 g/mol. The zero-order valence-electron chi connectivity index (χ0n) is 17.5. The summed E-state index contributed by atoms with van der Waals surface area (Å²) >= 11 is 1.32. The van der Waals surface area contributed by atoms with Gasteiger partial charge in [-0.25, -0.2) is 8.42 Å². The number of piperidine rings is 1. The van der Waals surface area contributed by atoms with Gasteiger partial charge < -0.3 is 9.64 Å². The molecule has 1 aromatic carbocycles. The van der Waals surface area contributed by atoms with E-state index in [1.165, 1.54) is 21.7 Å². The first kappa shape index (κ1) is 22.1. The lowest BCUT2D eigenvalue weighted by Gasteiger charge is -2.31. The van der Waals surface area contributed by atoms with E-state index in [1.54, 1.807) is 12.1 Å². The number of carbonyl (C=O) groups is 1. The summed E-state index contributed by atoms with van der Waals surface area (Å²) in [4.78, 5) is 15.5. The zero-order valence-corrected chi connectivity index (χ0v) is 19.2. The Morgan fingerprint density at radius 2 is 1.87 bits per heavy atom. The number of hydrogen-bond acceptors (Lipinski definition) is 8. The molecule has 0 spiro atoms. The molecule has 2 fully saturated rings. The lowest BCUT2D eigenvalue weighted by Crippen LogP contribution is -2.40. The number of rotatable bonds is 6. The molecule has 2 saturated heterocycles. The van der Waals surface area contributed by atoms with E-state index in [2.05, 4.69) is 20.4 Å². The Labute approximate surface area is 186 Å². The third-order valence-electron chi connectivity index (χ3n) is 5.51. The van der Waals surface area contributed by atoms with Crippen molar-refractivity contribution in [2.45, 2.75) is 37.5 Å². The van der Waals surface area contributed by atoms with Crippen molar-refractivity contribution in [2.24, 2.45) is 0 Å². The minimum absolute atomic E-state index is 0.117. The van der Waals surface area contributed by atoms with Gasteiger partial charge in [-0.2, -0.15) is 4.31 Å². The van der Waals surface area contributed by atoms with Crippen LogP contribution in [0.3, 0.4) is 0 Å². The molecule has 3 heterocycles. The lowest BCUT2D eigenvalue weighted by atomic mass is 10.1. The second kappa shape index (κ2) is 9.60. The van der Waals surface area contributed by atoms with Crippen LogP contribution in [0.1, 0.15) is 41.6 Å². The maximum Gasteiger partial charge on any atom is 0.259 e. The molecule has 2 aliphatic rings. The maximum absolute atomic E-state index is 13.2. The van der Waals surface area contributed by atoms with Crippen LogP contribution in [0, 0.1) is 0 Å². The van der Waals surface area contributed by atoms with Crippen LogP contribution >= 0.6 is 11.3 Å². The van der Waals surface area contributed by atoms with Crippen LogP contribution in [0.2, 0.25) is 0 Å². The first-order chi connectivity index (χ1) is 15.0. The molecular weight excluding hydrogens is 438 g/mol. The smallest absolute Gasteiger partial charge is 0.259 e. The number of ether oxygens (including phenoxy) is 1. The Hall–Kier alpha value is -2.08. The van der Waals surface area contributed by atoms with Crippen LogP contribution in [0.25, 0.3) is 0 Å². The quantitative estimate of drug-likeness (QED) is 0.698. The highest BCUT2D eigenvalue weighted by molar-refractivity contribution is 7.89. The minimum atomic E-state index is -3.71. The average molecular weight is 466 g/mol. The molecule has 9 nitrogen and oxygen atoms in total. The Morgan fingerprint density at radius 3 is 2.55 bits per heavy atom. The van der Waals surface area contributed by atoms with Crippen molar-refractivity contribution >= 4 is 38.1 Å². The van der Waals surface area contributed by atoms with Gasteiger partial charge in [0, 0.05) is 31.9 Å². The first-order valence-corrected chi connectivity index (χ1v) is 12.9. The number of aromatic nitrogens is 2. The fourth-order valence-electron chi connectivity index (χ4n) is 3.82. The molecular formula is C20H27N5O4S2. The van der Waals surface area contributed by atoms with Crippen molar-refractivity contribution < 1.29 is 17.9 Å². The summed E-state index contributed by atoms with van der Waals surface area (Å²) in [6.07, 6.45) is 3.99. The number of carbonyl (C=O) groups excluding carboxylic acids is 1. The largest absolute Gasteiger partial charge is 0.379 e. The van der Waals surface area contributed by atoms with Gasteiger partial charge in [0.25, 0.3) is 5.91 Å². The van der Waals surface area contributed by atoms with E-state index < -0.39 is 10.0 Å². The third-order valence-corrected chi connectivity index (χ3v) is 8.38. The number of benzene rings is 1. The fraction of sp³-hybridized carbons (Fsp3) is 0.550. The van der Waals surface area contributed by atoms with Gasteiger partial charge in [0.15, 0.2) is 0 Å². The topological polar surface area (TPSA) is 105 Å². The Morgan fingerprint density at radius 1 is 1.13 bits per heavy atom. The summed E-state index contributed by atoms with van der Waals surface area (Å²) in [6.45, 7) is 5.01. The van der Waals surface area contributed by atoms with Crippen molar-refractivity contribution in [1.82, 2.24) is 14.5 Å². The van der Waals surface area contributed by atoms with Crippen LogP contribution in [-0.2, 0) is 21.2 Å². The number of sulfonamides is 1. The predicted octanol–water partition coefficient (Wildman–Crippen LogP) is 2.36. The summed E-state index contributed by atoms with van der Waals surface area (Å²) in [7, 11) is -3.71. The van der Waals surface area contributed by atoms with E-state index >= 15 is 0 Å². The van der Waals surface area contributed by atoms with E-state index in [4.69, 9.17) is 4.74 Å². The summed E-state index contributed by atoms with van der Waals surface area (Å²) in [5, 5.41) is 12.1. The summed E-state index contributed by atoms with van der Waals surface area (Å²) in [5.41, 5.74) is 1.09. The van der Waals surface area contributed by atoms with Crippen molar-refractivity contribution in [2.75, 3.05) is 49.6 Å². The average Bonchev–Trinajstić information content (AvgIpc) is 3.27. The van der Waals surface area contributed by atoms with E-state index in [1.807, 2.05) is 6.92 Å². The highest BCUT2D eigenvalue weighted by atomic mass is 32.2. The number of nitrogens with one attached hydrogen (secondary N) is 1. The Kier molecular flexibility index (Phi) is 6.85. The van der Waals surface area contributed by atoms with E-state index in [-0.39, 0.29) is 10.8 Å². The van der Waals surface area contributed by atoms with Crippen LogP contribution < -0.4 is 10.2 Å². The van der Waals surface area contributed by atoms with Gasteiger partial charge in [0.05, 0.1) is 23.7 Å². The zero-order chi connectivity index (χ0) is 21.8. The molecule has 0 bridgehead atoms. The predicted molar refractivity (Wildman–Crippen MR) is 119 cm³/mol. The number of hydrogen-bond donors (Lipinski definition) is 1. The van der Waals surface area contributed by atoms with Crippen LogP contribution in [0.5, 0.6) is 0 Å². The molecule has 0 unspecified atom stereocenters. The number of aryl methyl sites for hydroxylation is 1. The molecule has 0 saturated carbocycles. The van der Waals surface area contributed by atoms with Crippen molar-refractivity contribution in [3.05, 3.63) is 28.8 Å².